The lowest BCUT2D eigenvalue weighted by Gasteiger charge is -2.30. The zero-order valence-corrected chi connectivity index (χ0v) is 31.1. The van der Waals surface area contributed by atoms with Gasteiger partial charge in [0.2, 0.25) is 17.7 Å². The van der Waals surface area contributed by atoms with Crippen molar-refractivity contribution in [3.05, 3.63) is 40.4 Å². The molecule has 3 N–H and O–H groups in total. The van der Waals surface area contributed by atoms with Crippen molar-refractivity contribution >= 4 is 35.2 Å². The maximum absolute atomic E-state index is 14.4. The number of allylic oxidation sites excluding steroid dienone is 1. The number of pyridine rings is 1. The fourth-order valence-corrected chi connectivity index (χ4v) is 8.28. The second-order valence-electron chi connectivity index (χ2n) is 15.7. The molecule has 0 unspecified atom stereocenters. The van der Waals surface area contributed by atoms with Crippen molar-refractivity contribution in [3.63, 3.8) is 0 Å². The number of nitrogens with one attached hydrogen (secondary N) is 2. The second-order valence-corrected chi connectivity index (χ2v) is 16.6. The molecule has 6 rings (SSSR count). The number of carbonyl (C=O) groups is 4. The minimum atomic E-state index is -1.42. The van der Waals surface area contributed by atoms with Crippen molar-refractivity contribution in [1.29, 1.82) is 0 Å². The molecule has 13 heteroatoms. The van der Waals surface area contributed by atoms with E-state index >= 15 is 0 Å². The third-order valence-electron chi connectivity index (χ3n) is 10.2. The summed E-state index contributed by atoms with van der Waals surface area (Å²) in [6.07, 6.45) is 10.2. The number of aliphatic carboxylic acids is 1. The molecule has 0 radical (unpaired) electrons. The van der Waals surface area contributed by atoms with Crippen LogP contribution in [0.2, 0.25) is 0 Å². The topological polar surface area (TPSA) is 160 Å². The summed E-state index contributed by atoms with van der Waals surface area (Å²) < 4.78 is 12.2. The molecule has 5 atom stereocenters. The van der Waals surface area contributed by atoms with Gasteiger partial charge in [-0.1, -0.05) is 38.8 Å². The molecule has 2 aromatic rings. The molecule has 12 nitrogen and oxygen atoms in total. The third-order valence-corrected chi connectivity index (χ3v) is 11.1. The average Bonchev–Trinajstić information content (AvgIpc) is 3.36. The smallest absolute Gasteiger partial charge is 0.408 e. The lowest BCUT2D eigenvalue weighted by molar-refractivity contribution is -0.145. The number of nitrogens with zero attached hydrogens (tertiary/aromatic N) is 3. The van der Waals surface area contributed by atoms with E-state index in [0.29, 0.717) is 18.7 Å². The highest BCUT2D eigenvalue weighted by molar-refractivity contribution is 7.13. The molecule has 2 aromatic heterocycles. The molecular formula is C38H51N5O7S. The Labute approximate surface area is 303 Å². The maximum Gasteiger partial charge on any atom is 0.408 e. The molecule has 4 aliphatic rings. The SMILES string of the molecule is CC(C)c1csc(-c2cc3c(c(O[C@@H]4C[C@H]5C(=O)N[C@]6(C(=O)O)C[C@H]6/C=C\CCCCC[C@H](NC(=O)OC(C)(C)C)C(=O)N5C4)n2)CCCC3)n1. The second kappa shape index (κ2) is 14.9. The van der Waals surface area contributed by atoms with Gasteiger partial charge in [-0.3, -0.25) is 9.59 Å². The van der Waals surface area contributed by atoms with Crippen LogP contribution in [0.15, 0.2) is 23.6 Å². The van der Waals surface area contributed by atoms with Crippen molar-refractivity contribution in [1.82, 2.24) is 25.5 Å². The number of thiazole rings is 1. The van der Waals surface area contributed by atoms with Crippen LogP contribution in [0, 0.1) is 5.92 Å². The van der Waals surface area contributed by atoms with Crippen molar-refractivity contribution < 1.29 is 33.8 Å². The predicted octanol–water partition coefficient (Wildman–Crippen LogP) is 5.93. The zero-order valence-electron chi connectivity index (χ0n) is 30.3. The molecule has 0 aromatic carbocycles. The zero-order chi connectivity index (χ0) is 36.5. The maximum atomic E-state index is 14.4. The van der Waals surface area contributed by atoms with Crippen molar-refractivity contribution in [3.8, 4) is 16.6 Å². The Balaban J connectivity index is 1.31. The Kier molecular flexibility index (Phi) is 10.8. The van der Waals surface area contributed by atoms with Gasteiger partial charge in [0.1, 0.15) is 40.0 Å². The summed E-state index contributed by atoms with van der Waals surface area (Å²) in [4.78, 5) is 65.2. The number of aromatic nitrogens is 2. The number of hydrogen-bond donors (Lipinski definition) is 3. The highest BCUT2D eigenvalue weighted by Crippen LogP contribution is 2.45. The van der Waals surface area contributed by atoms with E-state index in [-0.39, 0.29) is 31.2 Å². The van der Waals surface area contributed by atoms with Gasteiger partial charge in [-0.15, -0.1) is 11.3 Å². The van der Waals surface area contributed by atoms with Crippen LogP contribution in [0.3, 0.4) is 0 Å². The van der Waals surface area contributed by atoms with Crippen molar-refractivity contribution in [2.24, 2.45) is 5.92 Å². The van der Waals surface area contributed by atoms with E-state index in [4.69, 9.17) is 19.4 Å². The average molecular weight is 722 g/mol. The number of carbonyl (C=O) groups excluding carboxylic acids is 3. The number of ether oxygens (including phenoxy) is 2. The quantitative estimate of drug-likeness (QED) is 0.308. The number of alkyl carbamates (subject to hydrolysis) is 1. The molecule has 1 saturated heterocycles. The van der Waals surface area contributed by atoms with Crippen molar-refractivity contribution in [2.75, 3.05) is 6.54 Å². The minimum Gasteiger partial charge on any atom is -0.479 e. The number of hydrogen-bond acceptors (Lipinski definition) is 9. The first-order chi connectivity index (χ1) is 24.2. The minimum absolute atomic E-state index is 0.0717. The highest BCUT2D eigenvalue weighted by Gasteiger charge is 2.61. The Morgan fingerprint density at radius 3 is 2.63 bits per heavy atom. The van der Waals surface area contributed by atoms with Crippen LogP contribution in [0.5, 0.6) is 5.88 Å². The number of aryl methyl sites for hydroxylation is 1. The van der Waals surface area contributed by atoms with E-state index in [1.54, 1.807) is 32.1 Å². The number of fused-ring (bicyclic) bond motifs is 3. The predicted molar refractivity (Wildman–Crippen MR) is 193 cm³/mol. The monoisotopic (exact) mass is 721 g/mol. The van der Waals surface area contributed by atoms with Gasteiger partial charge in [-0.25, -0.2) is 19.6 Å². The highest BCUT2D eigenvalue weighted by atomic mass is 32.1. The number of carboxylic acid groups (broad SMARTS) is 1. The summed E-state index contributed by atoms with van der Waals surface area (Å²) in [6.45, 7) is 9.54. The van der Waals surface area contributed by atoms with Crippen LogP contribution >= 0.6 is 11.3 Å². The van der Waals surface area contributed by atoms with Gasteiger partial charge in [0.25, 0.3) is 0 Å². The summed E-state index contributed by atoms with van der Waals surface area (Å²) in [5.74, 6) is -1.63. The van der Waals surface area contributed by atoms with Crippen molar-refractivity contribution in [2.45, 2.75) is 140 Å². The summed E-state index contributed by atoms with van der Waals surface area (Å²) in [6, 6.07) is 0.160. The van der Waals surface area contributed by atoms with Gasteiger partial charge >= 0.3 is 12.1 Å². The van der Waals surface area contributed by atoms with Crippen LogP contribution in [-0.4, -0.2) is 79.7 Å². The largest absolute Gasteiger partial charge is 0.479 e. The summed E-state index contributed by atoms with van der Waals surface area (Å²) in [5.41, 5.74) is 1.75. The molecule has 2 aliphatic carbocycles. The standard InChI is InChI=1S/C38H51N5O7S/c1-22(2)29-21-51-33(40-29)28-17-23-13-11-12-15-26(23)32(39-28)49-25-18-30-31(44)42-38(35(46)47)19-24(38)14-9-7-6-8-10-16-27(34(45)43(30)20-25)41-36(48)50-37(3,4)5/h9,14,17,21-22,24-25,27,30H,6-8,10-13,15-16,18-20H2,1-5H3,(H,41,48)(H,42,44)(H,46,47)/b14-9-/t24-,25-,27+,30+,38-/m1/s1. The molecule has 51 heavy (non-hydrogen) atoms. The number of carboxylic acids is 1. The van der Waals surface area contributed by atoms with E-state index in [0.717, 1.165) is 66.9 Å². The number of amides is 3. The Morgan fingerprint density at radius 2 is 1.90 bits per heavy atom. The Bertz CT molecular complexity index is 1680. The van der Waals surface area contributed by atoms with E-state index in [1.165, 1.54) is 10.5 Å². The van der Waals surface area contributed by atoms with Crippen LogP contribution in [0.4, 0.5) is 4.79 Å². The summed E-state index contributed by atoms with van der Waals surface area (Å²) in [5, 5.41) is 18.7. The molecule has 276 valence electrons. The van der Waals surface area contributed by atoms with Gasteiger partial charge in [0.15, 0.2) is 0 Å². The lowest BCUT2D eigenvalue weighted by Crippen LogP contribution is -2.56. The number of rotatable bonds is 6. The molecule has 0 spiro atoms. The molecule has 4 heterocycles. The van der Waals surface area contributed by atoms with E-state index < -0.39 is 53.2 Å². The van der Waals surface area contributed by atoms with E-state index in [1.807, 2.05) is 12.2 Å². The van der Waals surface area contributed by atoms with Gasteiger partial charge < -0.3 is 30.1 Å². The fraction of sp³-hybridized carbons (Fsp3) is 0.632. The normalized spacial score (nSPS) is 27.6. The molecule has 3 amide bonds. The molecule has 2 fully saturated rings. The van der Waals surface area contributed by atoms with Crippen LogP contribution in [0.1, 0.15) is 115 Å². The van der Waals surface area contributed by atoms with Gasteiger partial charge in [0.05, 0.1) is 12.2 Å². The van der Waals surface area contributed by atoms with Gasteiger partial charge in [-0.2, -0.15) is 0 Å². The molecule has 2 aliphatic heterocycles. The van der Waals surface area contributed by atoms with Gasteiger partial charge in [-0.05, 0) is 89.7 Å². The molecule has 1 saturated carbocycles. The molecule has 0 bridgehead atoms. The first-order valence-electron chi connectivity index (χ1n) is 18.4. The Hall–Kier alpha value is -4.00. The van der Waals surface area contributed by atoms with Crippen LogP contribution in [-0.2, 0) is 32.0 Å². The third kappa shape index (κ3) is 8.39. The lowest BCUT2D eigenvalue weighted by atomic mass is 9.92. The summed E-state index contributed by atoms with van der Waals surface area (Å²) in [7, 11) is 0. The van der Waals surface area contributed by atoms with E-state index in [2.05, 4.69) is 35.9 Å². The van der Waals surface area contributed by atoms with Gasteiger partial charge in [0, 0.05) is 23.3 Å². The first-order valence-corrected chi connectivity index (χ1v) is 19.3. The fourth-order valence-electron chi connectivity index (χ4n) is 7.34. The van der Waals surface area contributed by atoms with E-state index in [9.17, 15) is 24.3 Å². The first kappa shape index (κ1) is 36.8. The molecular weight excluding hydrogens is 671 g/mol. The summed E-state index contributed by atoms with van der Waals surface area (Å²) >= 11 is 1.55. The van der Waals surface area contributed by atoms with Crippen LogP contribution < -0.4 is 15.4 Å². The van der Waals surface area contributed by atoms with Crippen LogP contribution in [0.25, 0.3) is 10.7 Å². The Morgan fingerprint density at radius 1 is 1.12 bits per heavy atom.